The molecule has 3 aromatic rings. The lowest BCUT2D eigenvalue weighted by molar-refractivity contribution is -0.474. The first-order valence-electron chi connectivity index (χ1n) is 9.89. The summed E-state index contributed by atoms with van der Waals surface area (Å²) in [4.78, 5) is 9.13. The van der Waals surface area contributed by atoms with Gasteiger partial charge in [-0.25, -0.2) is 9.37 Å². The van der Waals surface area contributed by atoms with E-state index in [1.807, 2.05) is 10.6 Å². The smallest absolute Gasteiger partial charge is 0.231 e. The molecular weight excluding hydrogens is 405 g/mol. The first-order chi connectivity index (χ1) is 14.5. The van der Waals surface area contributed by atoms with Crippen molar-refractivity contribution < 1.29 is 9.13 Å². The molecule has 0 saturated carbocycles. The van der Waals surface area contributed by atoms with Crippen LogP contribution < -0.4 is 4.90 Å². The highest BCUT2D eigenvalue weighted by Crippen LogP contribution is 2.32. The van der Waals surface area contributed by atoms with E-state index in [0.29, 0.717) is 10.6 Å². The molecule has 2 aromatic carbocycles. The fraction of sp³-hybridized carbons (Fsp3) is 0.273. The number of hydroxylamine groups is 1. The van der Waals surface area contributed by atoms with Gasteiger partial charge >= 0.3 is 0 Å². The number of likely N-dealkylation sites (N-methyl/N-ethyl adjacent to an activating group) is 1. The number of halogens is 2. The lowest BCUT2D eigenvalue weighted by Crippen LogP contribution is -2.45. The fourth-order valence-corrected chi connectivity index (χ4v) is 4.36. The predicted molar refractivity (Wildman–Crippen MR) is 115 cm³/mol. The largest absolute Gasteiger partial charge is 0.623 e. The normalized spacial score (nSPS) is 17.0. The van der Waals surface area contributed by atoms with Crippen LogP contribution in [-0.2, 0) is 6.54 Å². The molecule has 6 nitrogen and oxygen atoms in total. The zero-order chi connectivity index (χ0) is 20.8. The molecule has 3 heterocycles. The first kappa shape index (κ1) is 19.1. The predicted octanol–water partition coefficient (Wildman–Crippen LogP) is 3.28. The van der Waals surface area contributed by atoms with Crippen molar-refractivity contribution in [3.63, 3.8) is 0 Å². The van der Waals surface area contributed by atoms with E-state index in [2.05, 4.69) is 21.8 Å². The highest BCUT2D eigenvalue weighted by molar-refractivity contribution is 6.31. The molecule has 2 aliphatic heterocycles. The van der Waals surface area contributed by atoms with Crippen molar-refractivity contribution in [1.82, 2.24) is 14.5 Å². The molecule has 0 radical (unpaired) electrons. The van der Waals surface area contributed by atoms with Gasteiger partial charge < -0.3 is 15.0 Å². The van der Waals surface area contributed by atoms with Gasteiger partial charge in [0.1, 0.15) is 17.8 Å². The van der Waals surface area contributed by atoms with Gasteiger partial charge in [-0.3, -0.25) is 4.57 Å². The maximum atomic E-state index is 14.7. The Morgan fingerprint density at radius 3 is 2.60 bits per heavy atom. The quantitative estimate of drug-likeness (QED) is 0.467. The summed E-state index contributed by atoms with van der Waals surface area (Å²) >= 11 is 6.27. The van der Waals surface area contributed by atoms with E-state index >= 15 is 0 Å². The monoisotopic (exact) mass is 425 g/mol. The molecule has 154 valence electrons. The molecule has 0 aliphatic carbocycles. The van der Waals surface area contributed by atoms with Gasteiger partial charge in [-0.15, -0.1) is 0 Å². The molecule has 0 unspecified atom stereocenters. The van der Waals surface area contributed by atoms with Crippen molar-refractivity contribution >= 4 is 23.1 Å². The standard InChI is InChI=1S/C22H21ClFN5O/c1-26-8-10-27(11-9-26)22-20-13-29(30)21(16-4-2-3-5-18(16)24)17-12-15(23)6-7-19(17)28(20)14-25-22/h2-7,12,14H,8-11,13H2,1H3. The molecule has 1 fully saturated rings. The Bertz CT molecular complexity index is 1150. The Kier molecular flexibility index (Phi) is 4.72. The van der Waals surface area contributed by atoms with Crippen LogP contribution >= 0.6 is 11.6 Å². The highest BCUT2D eigenvalue weighted by atomic mass is 35.5. The minimum atomic E-state index is -0.441. The molecule has 1 saturated heterocycles. The number of hydrogen-bond acceptors (Lipinski definition) is 4. The number of benzene rings is 2. The Balaban J connectivity index is 1.70. The van der Waals surface area contributed by atoms with Gasteiger partial charge in [-0.05, 0) is 37.4 Å². The van der Waals surface area contributed by atoms with Crippen molar-refractivity contribution in [2.75, 3.05) is 38.1 Å². The van der Waals surface area contributed by atoms with Gasteiger partial charge in [-0.1, -0.05) is 23.7 Å². The van der Waals surface area contributed by atoms with E-state index in [1.165, 1.54) is 6.07 Å². The van der Waals surface area contributed by atoms with Crippen molar-refractivity contribution in [1.29, 1.82) is 0 Å². The third-order valence-corrected chi connectivity index (χ3v) is 6.03. The number of nitrogens with zero attached hydrogens (tertiary/aromatic N) is 5. The van der Waals surface area contributed by atoms with Crippen LogP contribution in [0.15, 0.2) is 48.8 Å². The molecule has 30 heavy (non-hydrogen) atoms. The van der Waals surface area contributed by atoms with Crippen molar-refractivity contribution in [2.45, 2.75) is 6.54 Å². The first-order valence-corrected chi connectivity index (χ1v) is 10.3. The minimum absolute atomic E-state index is 0.0671. The summed E-state index contributed by atoms with van der Waals surface area (Å²) in [5.41, 5.74) is 2.68. The molecule has 5 rings (SSSR count). The molecule has 1 aromatic heterocycles. The second-order valence-electron chi connectivity index (χ2n) is 7.70. The highest BCUT2D eigenvalue weighted by Gasteiger charge is 2.31. The van der Waals surface area contributed by atoms with E-state index in [0.717, 1.165) is 48.1 Å². The summed E-state index contributed by atoms with van der Waals surface area (Å²) in [6, 6.07) is 11.7. The number of anilines is 1. The van der Waals surface area contributed by atoms with Crippen LogP contribution in [0.2, 0.25) is 5.02 Å². The topological polar surface area (TPSA) is 50.4 Å². The number of imidazole rings is 1. The van der Waals surface area contributed by atoms with Gasteiger partial charge in [0, 0.05) is 31.2 Å². The van der Waals surface area contributed by atoms with Crippen LogP contribution in [0.25, 0.3) is 5.69 Å². The Labute approximate surface area is 179 Å². The number of rotatable bonds is 2. The minimum Gasteiger partial charge on any atom is -0.623 e. The summed E-state index contributed by atoms with van der Waals surface area (Å²) in [6.07, 6.45) is 1.74. The van der Waals surface area contributed by atoms with E-state index in [4.69, 9.17) is 11.6 Å². The SMILES string of the molecule is CN1CCN(c2ncn3c2C[N+]([O-])=C(c2ccccc2F)c2cc(Cl)ccc2-3)CC1. The van der Waals surface area contributed by atoms with Gasteiger partial charge in [0.2, 0.25) is 5.71 Å². The summed E-state index contributed by atoms with van der Waals surface area (Å²) in [5, 5.41) is 13.9. The molecule has 0 N–H and O–H groups in total. The third kappa shape index (κ3) is 3.14. The average Bonchev–Trinajstić information content (AvgIpc) is 3.09. The number of fused-ring (bicyclic) bond motifs is 3. The number of hydrogen-bond donors (Lipinski definition) is 0. The molecule has 0 amide bonds. The Morgan fingerprint density at radius 2 is 1.83 bits per heavy atom. The third-order valence-electron chi connectivity index (χ3n) is 5.79. The maximum Gasteiger partial charge on any atom is 0.231 e. The molecule has 2 aliphatic rings. The van der Waals surface area contributed by atoms with Gasteiger partial charge in [0.25, 0.3) is 0 Å². The lowest BCUT2D eigenvalue weighted by Gasteiger charge is -2.33. The molecular formula is C22H21ClFN5O. The second-order valence-corrected chi connectivity index (χ2v) is 8.14. The van der Waals surface area contributed by atoms with Gasteiger partial charge in [0.05, 0.1) is 16.8 Å². The zero-order valence-corrected chi connectivity index (χ0v) is 17.3. The van der Waals surface area contributed by atoms with E-state index in [-0.39, 0.29) is 17.8 Å². The number of piperazine rings is 1. The van der Waals surface area contributed by atoms with E-state index in [1.54, 1.807) is 36.7 Å². The van der Waals surface area contributed by atoms with Gasteiger partial charge in [-0.2, -0.15) is 4.74 Å². The van der Waals surface area contributed by atoms with Crippen LogP contribution in [0.5, 0.6) is 0 Å². The summed E-state index contributed by atoms with van der Waals surface area (Å²) in [5.74, 6) is 0.364. The molecule has 0 atom stereocenters. The summed E-state index contributed by atoms with van der Waals surface area (Å²) in [6.45, 7) is 3.63. The zero-order valence-electron chi connectivity index (χ0n) is 16.6. The molecule has 8 heteroatoms. The van der Waals surface area contributed by atoms with Crippen LogP contribution in [0.4, 0.5) is 10.2 Å². The van der Waals surface area contributed by atoms with Crippen LogP contribution in [-0.4, -0.2) is 58.1 Å². The van der Waals surface area contributed by atoms with Crippen LogP contribution in [0.3, 0.4) is 0 Å². The van der Waals surface area contributed by atoms with E-state index in [9.17, 15) is 9.60 Å². The van der Waals surface area contributed by atoms with Crippen LogP contribution in [0, 0.1) is 11.0 Å². The van der Waals surface area contributed by atoms with Crippen molar-refractivity contribution in [3.8, 4) is 5.69 Å². The van der Waals surface area contributed by atoms with Crippen LogP contribution in [0.1, 0.15) is 16.8 Å². The Morgan fingerprint density at radius 1 is 1.07 bits per heavy atom. The van der Waals surface area contributed by atoms with Gasteiger partial charge in [0.15, 0.2) is 12.4 Å². The fourth-order valence-electron chi connectivity index (χ4n) is 4.19. The average molecular weight is 426 g/mol. The Hall–Kier alpha value is -2.90. The second kappa shape index (κ2) is 7.41. The summed E-state index contributed by atoms with van der Waals surface area (Å²) in [7, 11) is 2.10. The van der Waals surface area contributed by atoms with Crippen molar-refractivity contribution in [3.05, 3.63) is 81.7 Å². The molecule has 0 bridgehead atoms. The number of aromatic nitrogens is 2. The summed E-state index contributed by atoms with van der Waals surface area (Å²) < 4.78 is 17.5. The molecule has 0 spiro atoms. The lowest BCUT2D eigenvalue weighted by atomic mass is 10.00. The maximum absolute atomic E-state index is 14.7. The van der Waals surface area contributed by atoms with Crippen molar-refractivity contribution in [2.24, 2.45) is 0 Å². The van der Waals surface area contributed by atoms with E-state index < -0.39 is 5.82 Å².